The summed E-state index contributed by atoms with van der Waals surface area (Å²) < 4.78 is 10.3. The van der Waals surface area contributed by atoms with E-state index in [9.17, 15) is 33.9 Å². The van der Waals surface area contributed by atoms with Crippen LogP contribution in [0.3, 0.4) is 0 Å². The van der Waals surface area contributed by atoms with Crippen LogP contribution in [0.25, 0.3) is 21.3 Å². The van der Waals surface area contributed by atoms with Crippen LogP contribution < -0.4 is 15.5 Å². The third-order valence-electron chi connectivity index (χ3n) is 20.7. The maximum absolute atomic E-state index is 13.2. The predicted octanol–water partition coefficient (Wildman–Crippen LogP) is 10.6. The fourth-order valence-corrected chi connectivity index (χ4v) is 18.4. The van der Waals surface area contributed by atoms with E-state index < -0.39 is 17.9 Å². The molecule has 20 nitrogen and oxygen atoms in total. The number of ether oxygens (including phenoxy) is 1. The van der Waals surface area contributed by atoms with Crippen LogP contribution in [0.4, 0.5) is 22.6 Å². The summed E-state index contributed by atoms with van der Waals surface area (Å²) in [6.07, 6.45) is 17.0. The molecule has 2 aromatic carbocycles. The Kier molecular flexibility index (Phi) is 16.3. The van der Waals surface area contributed by atoms with Crippen LogP contribution in [-0.2, 0) is 43.4 Å². The number of Topliss-reactive ketones (excluding diaryl/α,β-unsaturated/α-hetero) is 1. The summed E-state index contributed by atoms with van der Waals surface area (Å²) in [5.74, 6) is -0.655. The molecule has 89 heavy (non-hydrogen) atoms. The van der Waals surface area contributed by atoms with E-state index in [1.54, 1.807) is 21.1 Å². The molecule has 6 aromatic rings. The van der Waals surface area contributed by atoms with Gasteiger partial charge in [0.05, 0.1) is 28.6 Å². The van der Waals surface area contributed by atoms with Crippen molar-refractivity contribution in [1.82, 2.24) is 50.0 Å². The number of unbranched alkanes of at least 4 members (excludes halogenated alkanes) is 4. The molecule has 3 atom stereocenters. The fourth-order valence-electron chi connectivity index (χ4n) is 17.5. The van der Waals surface area contributed by atoms with Gasteiger partial charge in [0.2, 0.25) is 17.6 Å². The van der Waals surface area contributed by atoms with Gasteiger partial charge in [0.15, 0.2) is 22.5 Å². The Balaban J connectivity index is 0.557. The van der Waals surface area contributed by atoms with E-state index in [2.05, 4.69) is 53.1 Å². The molecule has 4 amide bonds. The highest BCUT2D eigenvalue weighted by Crippen LogP contribution is 2.72. The number of carbonyl (C=O) groups excluding carboxylic acids is 5. The second-order valence-electron chi connectivity index (χ2n) is 27.9. The zero-order valence-electron chi connectivity index (χ0n) is 52.0. The van der Waals surface area contributed by atoms with Gasteiger partial charge in [-0.25, -0.2) is 14.8 Å². The summed E-state index contributed by atoms with van der Waals surface area (Å²) in [5.41, 5.74) is 7.81. The molecule has 2 saturated heterocycles. The number of benzene rings is 2. The lowest BCUT2D eigenvalue weighted by Gasteiger charge is -2.69. The van der Waals surface area contributed by atoms with Crippen molar-refractivity contribution in [2.45, 2.75) is 174 Å². The summed E-state index contributed by atoms with van der Waals surface area (Å²) in [7, 11) is 2.17. The lowest BCUT2D eigenvalue weighted by atomic mass is 9.39. The van der Waals surface area contributed by atoms with Gasteiger partial charge in [-0.15, -0.1) is 10.2 Å². The molecule has 0 spiro atoms. The second-order valence-corrected chi connectivity index (χ2v) is 28.9. The predicted molar refractivity (Wildman–Crippen MR) is 338 cm³/mol. The Morgan fingerprint density at radius 3 is 2.37 bits per heavy atom. The number of likely N-dealkylation sites (N-methyl/N-ethyl adjacent to an activating group) is 1. The largest absolute Gasteiger partial charge is 0.476 e. The molecule has 3 N–H and O–H groups in total. The Morgan fingerprint density at radius 2 is 1.60 bits per heavy atom. The number of amides is 4. The first kappa shape index (κ1) is 60.4. The number of hydrogen-bond donors (Lipinski definition) is 3. The lowest BCUT2D eigenvalue weighted by Crippen LogP contribution is -2.64. The number of carboxylic acid groups (broad SMARTS) is 1. The van der Waals surface area contributed by atoms with E-state index >= 15 is 0 Å². The smallest absolute Gasteiger partial charge is 0.355 e. The molecule has 468 valence electrons. The monoisotopic (exact) mass is 1230 g/mol. The molecule has 4 aromatic heterocycles. The number of ketones is 1. The number of aromatic carboxylic acids is 1. The number of likely N-dealkylation sites (tertiary alicyclic amines) is 1. The molecule has 21 heteroatoms. The first-order valence-electron chi connectivity index (χ1n) is 32.2. The first-order valence-corrected chi connectivity index (χ1v) is 33.0. The van der Waals surface area contributed by atoms with Crippen molar-refractivity contribution in [3.05, 3.63) is 100.0 Å². The maximum Gasteiger partial charge on any atom is 0.355 e. The number of piperidine rings is 2. The topological polar surface area (TPSA) is 238 Å². The molecule has 4 aliphatic carbocycles. The molecule has 14 rings (SSSR count). The molecule has 8 aliphatic rings. The van der Waals surface area contributed by atoms with Gasteiger partial charge < -0.3 is 34.8 Å². The van der Waals surface area contributed by atoms with E-state index in [1.165, 1.54) is 6.42 Å². The van der Waals surface area contributed by atoms with Gasteiger partial charge in [-0.1, -0.05) is 68.7 Å². The molecule has 0 radical (unpaired) electrons. The minimum Gasteiger partial charge on any atom is -0.476 e. The van der Waals surface area contributed by atoms with Gasteiger partial charge in [0.1, 0.15) is 11.9 Å². The Morgan fingerprint density at radius 1 is 0.831 bits per heavy atom. The van der Waals surface area contributed by atoms with Crippen LogP contribution >= 0.6 is 11.3 Å². The fraction of sp³-hybridized carbons (Fsp3) is 0.544. The third-order valence-corrected chi connectivity index (χ3v) is 21.6. The van der Waals surface area contributed by atoms with Gasteiger partial charge in [-0.2, -0.15) is 5.10 Å². The minimum absolute atomic E-state index is 0.0147. The number of para-hydroxylation sites is 1. The van der Waals surface area contributed by atoms with E-state index in [0.29, 0.717) is 74.2 Å². The normalized spacial score (nSPS) is 24.9. The average Bonchev–Trinajstić information content (AvgIpc) is 1.16. The zero-order chi connectivity index (χ0) is 62.0. The molecular weight excluding hydrogens is 1140 g/mol. The molecule has 6 fully saturated rings. The summed E-state index contributed by atoms with van der Waals surface area (Å²) in [5, 5.41) is 31.5. The lowest BCUT2D eigenvalue weighted by molar-refractivity contribution is -0.248. The SMILES string of the molecule is Cc1c(Nc2nc3ccccc3s2)nnc2c1CCCN2c1ccc(-c2cnn(CC34CC5(C)CC(C)(C3)CC(OCCN(C)CCCCCCCC(=O)C(=O)N3CCC(c6ccc7c(c6)CN(C6CCC(=O)NC6=O)C7=O)CC3)(C5)C4)c2C)c(C(=O)O)n1. The molecule has 4 saturated carbocycles. The van der Waals surface area contributed by atoms with Crippen molar-refractivity contribution < 1.29 is 38.6 Å². The summed E-state index contributed by atoms with van der Waals surface area (Å²) >= 11 is 1.57. The van der Waals surface area contributed by atoms with E-state index in [-0.39, 0.29) is 69.8 Å². The standard InChI is InChI=1S/C68H82N12O8S/c1-42-47-14-13-27-78(59(47)75-74-58(42)73-64-70-51-15-10-11-17-54(51)89-64)55-22-20-49(57(71-55)63(86)87)50-33-69-80(43(50)2)41-67-36-65(3)35-66(4,37-67)39-68(38-65,40-67)88-31-30-76(5)26-12-8-6-7-9-16-53(81)62(85)77-28-24-44(25-29-77)45-18-19-48-46(32-45)34-79(61(48)84)52-21-23-56(82)72-60(52)83/h10-11,15,17-20,22,32-33,44,52H,6-9,12-14,16,21,23-31,34-41H2,1-5H3,(H,86,87)(H,70,73,74)(H,72,82,83). The van der Waals surface area contributed by atoms with Crippen LogP contribution in [0.1, 0.15) is 178 Å². The number of aromatic nitrogens is 6. The highest BCUT2D eigenvalue weighted by atomic mass is 32.1. The van der Waals surface area contributed by atoms with Crippen LogP contribution in [0.15, 0.2) is 60.8 Å². The number of carbonyl (C=O) groups is 6. The number of pyridine rings is 1. The number of anilines is 4. The van der Waals surface area contributed by atoms with Gasteiger partial charge in [-0.05, 0) is 175 Å². The number of thiazole rings is 1. The number of carboxylic acids is 1. The number of rotatable bonds is 22. The van der Waals surface area contributed by atoms with Crippen LogP contribution in [-0.4, -0.2) is 143 Å². The van der Waals surface area contributed by atoms with E-state index in [0.717, 1.165) is 152 Å². The van der Waals surface area contributed by atoms with Crippen molar-refractivity contribution in [2.75, 3.05) is 56.6 Å². The van der Waals surface area contributed by atoms with Crippen molar-refractivity contribution in [3.8, 4) is 11.1 Å². The van der Waals surface area contributed by atoms with Crippen molar-refractivity contribution in [3.63, 3.8) is 0 Å². The van der Waals surface area contributed by atoms with Gasteiger partial charge >= 0.3 is 5.97 Å². The van der Waals surface area contributed by atoms with Gasteiger partial charge in [0, 0.05) is 85.6 Å². The highest BCUT2D eigenvalue weighted by molar-refractivity contribution is 7.22. The third kappa shape index (κ3) is 12.1. The summed E-state index contributed by atoms with van der Waals surface area (Å²) in [4.78, 5) is 94.0. The number of hydrogen-bond acceptors (Lipinski definition) is 16. The highest BCUT2D eigenvalue weighted by Gasteiger charge is 2.66. The van der Waals surface area contributed by atoms with E-state index in [4.69, 9.17) is 24.9 Å². The number of fused-ring (bicyclic) bond motifs is 3. The molecule has 4 bridgehead atoms. The quantitative estimate of drug-likeness (QED) is 0.0325. The average molecular weight is 1230 g/mol. The van der Waals surface area contributed by atoms with Gasteiger partial charge in [0.25, 0.3) is 11.8 Å². The van der Waals surface area contributed by atoms with Crippen molar-refractivity contribution in [2.24, 2.45) is 16.2 Å². The minimum atomic E-state index is -1.10. The van der Waals surface area contributed by atoms with Crippen LogP contribution in [0.2, 0.25) is 0 Å². The van der Waals surface area contributed by atoms with Crippen LogP contribution in [0, 0.1) is 30.1 Å². The van der Waals surface area contributed by atoms with Crippen molar-refractivity contribution >= 4 is 79.5 Å². The zero-order valence-corrected chi connectivity index (χ0v) is 52.8. The molecular formula is C68H82N12O8S. The maximum atomic E-state index is 13.2. The van der Waals surface area contributed by atoms with Gasteiger partial charge in [-0.3, -0.25) is 34.0 Å². The Bertz CT molecular complexity index is 3740. The van der Waals surface area contributed by atoms with Crippen molar-refractivity contribution in [1.29, 1.82) is 0 Å². The summed E-state index contributed by atoms with van der Waals surface area (Å²) in [6.45, 7) is 14.2. The number of nitrogens with one attached hydrogen (secondary N) is 2. The first-order chi connectivity index (χ1) is 42.8. The molecule has 8 heterocycles. The van der Waals surface area contributed by atoms with Crippen LogP contribution in [0.5, 0.6) is 0 Å². The second kappa shape index (κ2) is 24.0. The Labute approximate surface area is 523 Å². The Hall–Kier alpha value is -7.49. The molecule has 4 aliphatic heterocycles. The molecule has 3 unspecified atom stereocenters. The van der Waals surface area contributed by atoms with E-state index in [1.807, 2.05) is 72.6 Å². The number of imide groups is 1. The summed E-state index contributed by atoms with van der Waals surface area (Å²) in [6, 6.07) is 17.0. The number of nitrogens with zero attached hydrogens (tertiary/aromatic N) is 10.